The Bertz CT molecular complexity index is 3150. The van der Waals surface area contributed by atoms with Crippen molar-refractivity contribution in [1.82, 2.24) is 15.0 Å². The molecule has 63 heavy (non-hydrogen) atoms. The SMILES string of the molecule is N#CC(=C1C(F)=c2c3c(c4c(c2=C1F)=C(F)C(=C(C#N)c1nc(C#N)c(C(F)(F)F)o1)C=4F)=C(F)C(=C(C#N)c1nc(C#N)c(C(F)(F)F)o1)C=3F)c1nc(C#N)c(C(F)(F)F)o1. The summed E-state index contributed by atoms with van der Waals surface area (Å²) in [7, 11) is 0. The van der Waals surface area contributed by atoms with Crippen molar-refractivity contribution in [2.45, 2.75) is 18.5 Å². The van der Waals surface area contributed by atoms with Crippen LogP contribution in [0, 0.1) is 68.0 Å². The highest BCUT2D eigenvalue weighted by Crippen LogP contribution is 2.41. The van der Waals surface area contributed by atoms with Gasteiger partial charge >= 0.3 is 18.5 Å². The average Bonchev–Trinajstić information content (AvgIpc) is 4.06. The lowest BCUT2D eigenvalue weighted by Gasteiger charge is -2.02. The van der Waals surface area contributed by atoms with Gasteiger partial charge < -0.3 is 13.3 Å². The third-order valence-corrected chi connectivity index (χ3v) is 8.83. The summed E-state index contributed by atoms with van der Waals surface area (Å²) in [6.45, 7) is 0. The van der Waals surface area contributed by atoms with Crippen molar-refractivity contribution in [3.05, 3.63) is 100 Å². The molecule has 3 aliphatic rings. The Balaban J connectivity index is 1.76. The molecule has 0 amide bonds. The summed E-state index contributed by atoms with van der Waals surface area (Å²) >= 11 is 0. The maximum Gasteiger partial charge on any atom is 0.452 e. The van der Waals surface area contributed by atoms with Gasteiger partial charge in [0.05, 0.1) is 16.7 Å². The molecule has 0 saturated carbocycles. The minimum Gasteiger partial charge on any atom is -0.429 e. The van der Waals surface area contributed by atoms with Crippen molar-refractivity contribution in [2.24, 2.45) is 0 Å². The standard InChI is InChI=1S/C36F15N9O3/c37-22-13(7(1-52)31-58-10(4-55)28(61-31)34(43,44)45)23(38)17-16(22)18-20(26(41)14(24(18)39)8(2-53)32-59-11(5-56)29(62-32)35(46,47)48)21-19(17)25(40)15(27(21)42)9(3-54)33-60-12(6-57)30(63-33)36(49,50)51. The molecule has 0 saturated heterocycles. The molecule has 0 radical (unpaired) electrons. The summed E-state index contributed by atoms with van der Waals surface area (Å²) in [6, 6.07) is 5.75. The highest BCUT2D eigenvalue weighted by Gasteiger charge is 2.45. The van der Waals surface area contributed by atoms with Crippen molar-refractivity contribution in [3.63, 3.8) is 0 Å². The maximum absolute atomic E-state index is 16.8. The Morgan fingerprint density at radius 3 is 0.683 bits per heavy atom. The van der Waals surface area contributed by atoms with Crippen molar-refractivity contribution in [1.29, 1.82) is 31.6 Å². The molecule has 0 N–H and O–H groups in total. The van der Waals surface area contributed by atoms with Gasteiger partial charge in [0.1, 0.15) is 88.1 Å². The minimum absolute atomic E-state index is 0.922. The van der Waals surface area contributed by atoms with Crippen molar-refractivity contribution in [3.8, 4) is 36.4 Å². The number of aromatic nitrogens is 3. The molecule has 1 aromatic carbocycles. The Morgan fingerprint density at radius 1 is 0.365 bits per heavy atom. The third-order valence-electron chi connectivity index (χ3n) is 8.83. The van der Waals surface area contributed by atoms with Gasteiger partial charge in [0.25, 0.3) is 0 Å². The molecule has 27 heteroatoms. The fourth-order valence-electron chi connectivity index (χ4n) is 6.48. The molecule has 4 aromatic rings. The molecular formula is C36F15N9O3. The molecule has 7 rings (SSSR count). The molecule has 312 valence electrons. The van der Waals surface area contributed by atoms with E-state index in [1.807, 2.05) is 0 Å². The van der Waals surface area contributed by atoms with Crippen LogP contribution in [-0.4, -0.2) is 15.0 Å². The zero-order chi connectivity index (χ0) is 46.6. The topological polar surface area (TPSA) is 221 Å². The van der Waals surface area contributed by atoms with Crippen LogP contribution in [0.5, 0.6) is 0 Å². The number of hydrogen-bond donors (Lipinski definition) is 0. The van der Waals surface area contributed by atoms with Crippen LogP contribution >= 0.6 is 0 Å². The third kappa shape index (κ3) is 5.94. The number of hydrogen-bond acceptors (Lipinski definition) is 12. The number of fused-ring (bicyclic) bond motifs is 6. The number of benzene rings is 1. The maximum atomic E-state index is 16.8. The number of nitriles is 6. The van der Waals surface area contributed by atoms with Gasteiger partial charge in [0.15, 0.2) is 17.1 Å². The lowest BCUT2D eigenvalue weighted by molar-refractivity contribution is -0.154. The lowest BCUT2D eigenvalue weighted by atomic mass is 10.1. The predicted molar refractivity (Wildman–Crippen MR) is 168 cm³/mol. The molecular weight excluding hydrogens is 891 g/mol. The number of alkyl halides is 9. The number of oxazole rings is 3. The molecule has 3 aromatic heterocycles. The van der Waals surface area contributed by atoms with E-state index in [9.17, 15) is 55.3 Å². The zero-order valence-electron chi connectivity index (χ0n) is 28.9. The molecule has 0 fully saturated rings. The van der Waals surface area contributed by atoms with E-state index in [0.29, 0.717) is 0 Å². The second-order valence-electron chi connectivity index (χ2n) is 12.1. The summed E-state index contributed by atoms with van der Waals surface area (Å²) in [6.07, 6.45) is -16.7. The normalized spacial score (nSPS) is 14.5. The van der Waals surface area contributed by atoms with Gasteiger partial charge in [-0.25, -0.2) is 26.3 Å². The van der Waals surface area contributed by atoms with E-state index < -0.39 is 170 Å². The van der Waals surface area contributed by atoms with Gasteiger partial charge in [0, 0.05) is 31.3 Å². The lowest BCUT2D eigenvalue weighted by Crippen LogP contribution is -2.64. The first-order chi connectivity index (χ1) is 29.4. The first-order valence-electron chi connectivity index (χ1n) is 15.7. The van der Waals surface area contributed by atoms with Crippen LogP contribution in [0.1, 0.15) is 52.0 Å². The van der Waals surface area contributed by atoms with Crippen LogP contribution in [0.3, 0.4) is 0 Å². The smallest absolute Gasteiger partial charge is 0.429 e. The summed E-state index contributed by atoms with van der Waals surface area (Å²) in [5, 5.41) is 46.4. The van der Waals surface area contributed by atoms with Crippen LogP contribution in [0.2, 0.25) is 0 Å². The molecule has 3 heterocycles. The highest BCUT2D eigenvalue weighted by molar-refractivity contribution is 6.03. The molecule has 0 aliphatic heterocycles. The Hall–Kier alpha value is -8.82. The second kappa shape index (κ2) is 13.9. The molecule has 0 atom stereocenters. The predicted octanol–water partition coefficient (Wildman–Crippen LogP) is 4.76. The highest BCUT2D eigenvalue weighted by atomic mass is 19.4. The van der Waals surface area contributed by atoms with Gasteiger partial charge in [-0.2, -0.15) is 86.0 Å². The van der Waals surface area contributed by atoms with Gasteiger partial charge in [-0.3, -0.25) is 0 Å². The molecule has 12 nitrogen and oxygen atoms in total. The van der Waals surface area contributed by atoms with Gasteiger partial charge in [-0.15, -0.1) is 0 Å². The van der Waals surface area contributed by atoms with E-state index in [0.717, 1.165) is 36.4 Å². The fraction of sp³-hybridized carbons (Fsp3) is 0.0833. The van der Waals surface area contributed by atoms with Gasteiger partial charge in [-0.1, -0.05) is 0 Å². The largest absolute Gasteiger partial charge is 0.452 e. The van der Waals surface area contributed by atoms with Crippen molar-refractivity contribution in [2.75, 3.05) is 0 Å². The summed E-state index contributed by atoms with van der Waals surface area (Å²) in [5.41, 5.74) is -15.9. The first-order valence-corrected chi connectivity index (χ1v) is 15.7. The molecule has 0 bridgehead atoms. The van der Waals surface area contributed by atoms with Crippen molar-refractivity contribution >= 4 is 51.7 Å². The number of rotatable bonds is 3. The molecule has 3 aliphatic carbocycles. The Kier molecular flexibility index (Phi) is 9.31. The van der Waals surface area contributed by atoms with E-state index in [2.05, 4.69) is 28.2 Å². The van der Waals surface area contributed by atoms with Crippen LogP contribution in [0.4, 0.5) is 65.9 Å². The van der Waals surface area contributed by atoms with Gasteiger partial charge in [-0.05, 0) is 0 Å². The van der Waals surface area contributed by atoms with E-state index in [-0.39, 0.29) is 0 Å². The van der Waals surface area contributed by atoms with Crippen LogP contribution in [-0.2, 0) is 18.5 Å². The zero-order valence-corrected chi connectivity index (χ0v) is 28.9. The van der Waals surface area contributed by atoms with Crippen LogP contribution < -0.4 is 31.3 Å². The van der Waals surface area contributed by atoms with Crippen molar-refractivity contribution < 1.29 is 79.1 Å². The summed E-state index contributed by atoms with van der Waals surface area (Å²) in [4.78, 5) is 9.20. The number of halogens is 15. The van der Waals surface area contributed by atoms with E-state index in [1.54, 1.807) is 0 Å². The average molecular weight is 891 g/mol. The van der Waals surface area contributed by atoms with Crippen LogP contribution in [0.25, 0.3) is 51.7 Å². The first kappa shape index (κ1) is 42.3. The second-order valence-corrected chi connectivity index (χ2v) is 12.1. The Labute approximate surface area is 332 Å². The molecule has 0 unspecified atom stereocenters. The fourth-order valence-corrected chi connectivity index (χ4v) is 6.48. The monoisotopic (exact) mass is 891 g/mol. The summed E-state index contributed by atoms with van der Waals surface area (Å²) < 4.78 is 237. The Morgan fingerprint density at radius 2 is 0.556 bits per heavy atom. The minimum atomic E-state index is -5.57. The van der Waals surface area contributed by atoms with E-state index in [1.165, 1.54) is 0 Å². The molecule has 0 spiro atoms. The van der Waals surface area contributed by atoms with E-state index >= 15 is 26.3 Å². The number of allylic oxidation sites excluding steroid dienone is 6. The van der Waals surface area contributed by atoms with Crippen LogP contribution in [0.15, 0.2) is 30.0 Å². The summed E-state index contributed by atoms with van der Waals surface area (Å²) in [5.74, 6) is -26.0. The number of nitrogens with zero attached hydrogens (tertiary/aromatic N) is 9. The van der Waals surface area contributed by atoms with Gasteiger partial charge in [0.2, 0.25) is 35.0 Å². The quantitative estimate of drug-likeness (QED) is 0.201. The van der Waals surface area contributed by atoms with E-state index in [4.69, 9.17) is 15.8 Å².